The molecule has 0 saturated carbocycles. The molecule has 3 N–H and O–H groups in total. The molecule has 3 atom stereocenters. The number of aliphatic carboxylic acids is 1. The Kier molecular flexibility index (Phi) is 8.17. The number of nitrogens with one attached hydrogen (secondary N) is 2. The molecule has 3 rings (SSSR count). The first-order chi connectivity index (χ1) is 16.2. The van der Waals surface area contributed by atoms with Crippen LogP contribution in [0.5, 0.6) is 0 Å². The molecule has 1 saturated heterocycles. The van der Waals surface area contributed by atoms with E-state index >= 15 is 0 Å². The van der Waals surface area contributed by atoms with Gasteiger partial charge in [0.1, 0.15) is 0 Å². The Labute approximate surface area is 201 Å². The van der Waals surface area contributed by atoms with Gasteiger partial charge in [0.2, 0.25) is 0 Å². The van der Waals surface area contributed by atoms with Gasteiger partial charge in [-0.2, -0.15) is 5.26 Å². The van der Waals surface area contributed by atoms with E-state index in [0.717, 1.165) is 24.3 Å². The van der Waals surface area contributed by atoms with Crippen molar-refractivity contribution in [3.63, 3.8) is 0 Å². The molecule has 0 aliphatic carbocycles. The largest absolute Gasteiger partial charge is 0.481 e. The van der Waals surface area contributed by atoms with Crippen LogP contribution in [0.3, 0.4) is 0 Å². The maximum atomic E-state index is 12.9. The van der Waals surface area contributed by atoms with Crippen molar-refractivity contribution in [2.45, 2.75) is 46.5 Å². The second kappa shape index (κ2) is 11.1. The number of carboxylic acid groups (broad SMARTS) is 1. The third kappa shape index (κ3) is 6.50. The number of anilines is 3. The first-order valence-corrected chi connectivity index (χ1v) is 11.8. The summed E-state index contributed by atoms with van der Waals surface area (Å²) in [6.07, 6.45) is 1.20. The Morgan fingerprint density at radius 2 is 1.74 bits per heavy atom. The van der Waals surface area contributed by atoms with Crippen molar-refractivity contribution in [3.8, 4) is 6.07 Å². The van der Waals surface area contributed by atoms with E-state index in [2.05, 4.69) is 35.5 Å². The van der Waals surface area contributed by atoms with Crippen molar-refractivity contribution in [1.29, 1.82) is 5.26 Å². The lowest BCUT2D eigenvalue weighted by atomic mass is 9.85. The Morgan fingerprint density at radius 3 is 2.29 bits per heavy atom. The highest BCUT2D eigenvalue weighted by molar-refractivity contribution is 6.02. The number of urea groups is 1. The van der Waals surface area contributed by atoms with Gasteiger partial charge in [-0.1, -0.05) is 33.8 Å². The summed E-state index contributed by atoms with van der Waals surface area (Å²) >= 11 is 0. The lowest BCUT2D eigenvalue weighted by Gasteiger charge is -2.38. The van der Waals surface area contributed by atoms with Gasteiger partial charge in [-0.05, 0) is 72.1 Å². The predicted octanol–water partition coefficient (Wildman–Crippen LogP) is 5.90. The molecule has 1 fully saturated rings. The van der Waals surface area contributed by atoms with Crippen LogP contribution in [0.2, 0.25) is 0 Å². The molecule has 0 radical (unpaired) electrons. The number of carbonyl (C=O) groups excluding carboxylic acids is 1. The van der Waals surface area contributed by atoms with Crippen molar-refractivity contribution in [1.82, 2.24) is 0 Å². The number of amides is 2. The Hall–Kier alpha value is -3.53. The molecule has 1 aliphatic heterocycles. The molecular formula is C27H34N4O3. The second-order valence-corrected chi connectivity index (χ2v) is 9.84. The first-order valence-electron chi connectivity index (χ1n) is 11.8. The number of hydrogen-bond acceptors (Lipinski definition) is 4. The minimum atomic E-state index is -0.838. The molecule has 3 unspecified atom stereocenters. The van der Waals surface area contributed by atoms with Crippen LogP contribution in [-0.4, -0.2) is 30.2 Å². The van der Waals surface area contributed by atoms with Crippen LogP contribution < -0.4 is 15.5 Å². The standard InChI is InChI=1S/C27H34N4O3/c1-17(2)23(13-26(32)33)21-7-10-25(31-15-18(3)11-19(4)16-31)24(12-21)30-27(34)29-22-8-5-20(14-28)6-9-22/h5-10,12,17-19,23H,11,13,15-16H2,1-4H3,(H,32,33)(H2,29,30,34). The van der Waals surface area contributed by atoms with Crippen LogP contribution in [0.25, 0.3) is 0 Å². The fraction of sp³-hybridized carbons (Fsp3) is 0.444. The van der Waals surface area contributed by atoms with E-state index < -0.39 is 5.97 Å². The Bertz CT molecular complexity index is 1050. The summed E-state index contributed by atoms with van der Waals surface area (Å²) in [6.45, 7) is 10.3. The van der Waals surface area contributed by atoms with Crippen LogP contribution in [0.15, 0.2) is 42.5 Å². The van der Waals surface area contributed by atoms with Gasteiger partial charge in [0.25, 0.3) is 0 Å². The van der Waals surface area contributed by atoms with Crippen LogP contribution in [0.1, 0.15) is 57.6 Å². The third-order valence-electron chi connectivity index (χ3n) is 6.38. The second-order valence-electron chi connectivity index (χ2n) is 9.84. The number of carboxylic acids is 1. The molecule has 7 heteroatoms. The molecule has 2 aromatic rings. The van der Waals surface area contributed by atoms with E-state index in [1.807, 2.05) is 32.0 Å². The quantitative estimate of drug-likeness (QED) is 0.475. The van der Waals surface area contributed by atoms with Gasteiger partial charge in [0.05, 0.1) is 29.4 Å². The minimum absolute atomic E-state index is 0.0334. The van der Waals surface area contributed by atoms with E-state index in [9.17, 15) is 14.7 Å². The third-order valence-corrected chi connectivity index (χ3v) is 6.38. The van der Waals surface area contributed by atoms with Gasteiger partial charge < -0.3 is 20.6 Å². The molecular weight excluding hydrogens is 428 g/mol. The molecule has 7 nitrogen and oxygen atoms in total. The molecule has 0 spiro atoms. The molecule has 180 valence electrons. The summed E-state index contributed by atoms with van der Waals surface area (Å²) in [4.78, 5) is 26.7. The average molecular weight is 463 g/mol. The monoisotopic (exact) mass is 462 g/mol. The van der Waals surface area contributed by atoms with Crippen LogP contribution in [-0.2, 0) is 4.79 Å². The summed E-state index contributed by atoms with van der Waals surface area (Å²) in [5, 5.41) is 24.2. The number of nitriles is 1. The van der Waals surface area contributed by atoms with Gasteiger partial charge in [-0.25, -0.2) is 4.79 Å². The summed E-state index contributed by atoms with van der Waals surface area (Å²) in [7, 11) is 0. The fourth-order valence-corrected chi connectivity index (χ4v) is 4.86. The zero-order valence-electron chi connectivity index (χ0n) is 20.3. The predicted molar refractivity (Wildman–Crippen MR) is 135 cm³/mol. The molecule has 1 heterocycles. The Morgan fingerprint density at radius 1 is 1.09 bits per heavy atom. The number of piperidine rings is 1. The van der Waals surface area contributed by atoms with Gasteiger partial charge >= 0.3 is 12.0 Å². The van der Waals surface area contributed by atoms with Crippen molar-refractivity contribution < 1.29 is 14.7 Å². The fourth-order valence-electron chi connectivity index (χ4n) is 4.86. The number of nitrogens with zero attached hydrogens (tertiary/aromatic N) is 2. The topological polar surface area (TPSA) is 105 Å². The normalized spacial score (nSPS) is 18.8. The molecule has 0 bridgehead atoms. The summed E-state index contributed by atoms with van der Waals surface area (Å²) in [5.41, 5.74) is 3.61. The lowest BCUT2D eigenvalue weighted by molar-refractivity contribution is -0.137. The highest BCUT2D eigenvalue weighted by Gasteiger charge is 2.26. The molecule has 34 heavy (non-hydrogen) atoms. The Balaban J connectivity index is 1.91. The van der Waals surface area contributed by atoms with Crippen molar-refractivity contribution in [2.24, 2.45) is 17.8 Å². The molecule has 2 aromatic carbocycles. The van der Waals surface area contributed by atoms with E-state index in [1.54, 1.807) is 24.3 Å². The van der Waals surface area contributed by atoms with Crippen LogP contribution in [0, 0.1) is 29.1 Å². The van der Waals surface area contributed by atoms with Gasteiger partial charge in [-0.3, -0.25) is 4.79 Å². The van der Waals surface area contributed by atoms with Gasteiger partial charge in [-0.15, -0.1) is 0 Å². The minimum Gasteiger partial charge on any atom is -0.481 e. The smallest absolute Gasteiger partial charge is 0.323 e. The number of carbonyl (C=O) groups is 2. The van der Waals surface area contributed by atoms with Gasteiger partial charge in [0, 0.05) is 18.8 Å². The van der Waals surface area contributed by atoms with Crippen molar-refractivity contribution in [2.75, 3.05) is 28.6 Å². The van der Waals surface area contributed by atoms with Crippen molar-refractivity contribution in [3.05, 3.63) is 53.6 Å². The molecule has 2 amide bonds. The maximum absolute atomic E-state index is 12.9. The molecule has 0 aromatic heterocycles. The number of benzene rings is 2. The first kappa shape index (κ1) is 25.1. The van der Waals surface area contributed by atoms with Crippen LogP contribution in [0.4, 0.5) is 21.9 Å². The zero-order valence-corrected chi connectivity index (χ0v) is 20.3. The summed E-state index contributed by atoms with van der Waals surface area (Å²) < 4.78 is 0. The average Bonchev–Trinajstić information content (AvgIpc) is 2.77. The van der Waals surface area contributed by atoms with E-state index in [-0.39, 0.29) is 24.3 Å². The highest BCUT2D eigenvalue weighted by atomic mass is 16.4. The highest BCUT2D eigenvalue weighted by Crippen LogP contribution is 2.37. The van der Waals surface area contributed by atoms with Crippen LogP contribution >= 0.6 is 0 Å². The summed E-state index contributed by atoms with van der Waals surface area (Å²) in [6, 6.07) is 14.3. The zero-order chi connectivity index (χ0) is 24.8. The number of hydrogen-bond donors (Lipinski definition) is 3. The number of rotatable bonds is 7. The van der Waals surface area contributed by atoms with E-state index in [0.29, 0.717) is 28.8 Å². The SMILES string of the molecule is CC1CC(C)CN(c2ccc(C(CC(=O)O)C(C)C)cc2NC(=O)Nc2ccc(C#N)cc2)C1. The lowest BCUT2D eigenvalue weighted by Crippen LogP contribution is -2.39. The summed E-state index contributed by atoms with van der Waals surface area (Å²) in [5.74, 6) is 0.220. The molecule has 1 aliphatic rings. The van der Waals surface area contributed by atoms with E-state index in [4.69, 9.17) is 5.26 Å². The van der Waals surface area contributed by atoms with E-state index in [1.165, 1.54) is 6.42 Å². The van der Waals surface area contributed by atoms with Gasteiger partial charge in [0.15, 0.2) is 0 Å². The maximum Gasteiger partial charge on any atom is 0.323 e. The van der Waals surface area contributed by atoms with Crippen molar-refractivity contribution >= 4 is 29.1 Å².